The molecule has 0 heterocycles. The van der Waals surface area contributed by atoms with Gasteiger partial charge in [0.15, 0.2) is 0 Å². The van der Waals surface area contributed by atoms with Crippen molar-refractivity contribution < 1.29 is 0 Å². The van der Waals surface area contributed by atoms with E-state index in [0.717, 1.165) is 11.8 Å². The van der Waals surface area contributed by atoms with Gasteiger partial charge in [-0.1, -0.05) is 36.4 Å². The summed E-state index contributed by atoms with van der Waals surface area (Å²) in [6.07, 6.45) is 5.05. The Kier molecular flexibility index (Phi) is 1.71. The van der Waals surface area contributed by atoms with Crippen molar-refractivity contribution in [3.8, 4) is 0 Å². The van der Waals surface area contributed by atoms with E-state index in [1.165, 1.54) is 10.4 Å². The molecule has 0 aliphatic heterocycles. The first-order chi connectivity index (χ1) is 5.36. The van der Waals surface area contributed by atoms with Crippen LogP contribution in [-0.4, -0.2) is 0 Å². The Morgan fingerprint density at radius 2 is 1.82 bits per heavy atom. The van der Waals surface area contributed by atoms with Crippen molar-refractivity contribution in [2.75, 3.05) is 0 Å². The zero-order chi connectivity index (χ0) is 7.68. The molecule has 0 amide bonds. The Balaban J connectivity index is 2.73. The minimum atomic E-state index is 0.874. The molecule has 0 atom stereocenters. The Morgan fingerprint density at radius 3 is 2.64 bits per heavy atom. The zero-order valence-corrected chi connectivity index (χ0v) is 6.81. The van der Waals surface area contributed by atoms with Crippen LogP contribution in [-0.2, 0) is 0 Å². The van der Waals surface area contributed by atoms with Crippen LogP contribution in [0.3, 0.4) is 0 Å². The Bertz CT molecular complexity index is 365. The molecule has 1 heteroatoms. The molecule has 2 rings (SSSR count). The third kappa shape index (κ3) is 1.31. The van der Waals surface area contributed by atoms with Gasteiger partial charge in [0.2, 0.25) is 0 Å². The van der Waals surface area contributed by atoms with Gasteiger partial charge in [0.25, 0.3) is 0 Å². The number of fused-ring (bicyclic) bond motifs is 1. The molecule has 0 spiro atoms. The highest BCUT2D eigenvalue weighted by Crippen LogP contribution is 2.14. The van der Waals surface area contributed by atoms with Crippen molar-refractivity contribution in [3.63, 3.8) is 0 Å². The van der Waals surface area contributed by atoms with Crippen LogP contribution in [0.1, 0.15) is 6.42 Å². The lowest BCUT2D eigenvalue weighted by Crippen LogP contribution is -2.26. The molecule has 1 aromatic carbocycles. The van der Waals surface area contributed by atoms with Gasteiger partial charge in [-0.3, -0.25) is 0 Å². The van der Waals surface area contributed by atoms with Gasteiger partial charge >= 0.3 is 0 Å². The molecular formula is C10H8Cl. The second-order valence-electron chi connectivity index (χ2n) is 2.63. The van der Waals surface area contributed by atoms with Crippen molar-refractivity contribution in [1.29, 1.82) is 0 Å². The molecule has 0 fully saturated rings. The van der Waals surface area contributed by atoms with E-state index in [1.54, 1.807) is 0 Å². The fourth-order valence-corrected chi connectivity index (χ4v) is 1.46. The number of hydrogen-bond acceptors (Lipinski definition) is 0. The standard InChI is InChI=1S/C10H8Cl/c11-10-6-5-8-3-1-2-4-9(8)7-10/h1-5,7H,6H2. The second-order valence-corrected chi connectivity index (χ2v) is 3.11. The third-order valence-electron chi connectivity index (χ3n) is 1.83. The van der Waals surface area contributed by atoms with Gasteiger partial charge < -0.3 is 0 Å². The van der Waals surface area contributed by atoms with E-state index in [9.17, 15) is 0 Å². The maximum atomic E-state index is 5.87. The molecule has 0 bridgehead atoms. The summed E-state index contributed by atoms with van der Waals surface area (Å²) >= 11 is 5.87. The second kappa shape index (κ2) is 2.71. The summed E-state index contributed by atoms with van der Waals surface area (Å²) in [5.41, 5.74) is 0. The normalized spacial score (nSPS) is 16.5. The summed E-state index contributed by atoms with van der Waals surface area (Å²) in [5, 5.41) is 3.43. The van der Waals surface area contributed by atoms with Crippen molar-refractivity contribution in [2.45, 2.75) is 6.42 Å². The Hall–Kier alpha value is -0.750. The van der Waals surface area contributed by atoms with Crippen LogP contribution in [0, 0.1) is 5.38 Å². The molecule has 1 aromatic rings. The van der Waals surface area contributed by atoms with Gasteiger partial charge in [0, 0.05) is 0 Å². The lowest BCUT2D eigenvalue weighted by atomic mass is 10.1. The van der Waals surface area contributed by atoms with Gasteiger partial charge in [-0.05, 0) is 16.9 Å². The first kappa shape index (κ1) is 6.93. The predicted molar refractivity (Wildman–Crippen MR) is 48.3 cm³/mol. The SMILES string of the molecule is Cl[C]1C=c2ccccc2=CC1. The lowest BCUT2D eigenvalue weighted by Gasteiger charge is -2.03. The van der Waals surface area contributed by atoms with Crippen LogP contribution < -0.4 is 10.4 Å². The number of halogens is 1. The van der Waals surface area contributed by atoms with Crippen LogP contribution in [0.2, 0.25) is 0 Å². The van der Waals surface area contributed by atoms with Gasteiger partial charge in [-0.2, -0.15) is 0 Å². The van der Waals surface area contributed by atoms with Gasteiger partial charge in [-0.25, -0.2) is 0 Å². The van der Waals surface area contributed by atoms with Crippen LogP contribution in [0.5, 0.6) is 0 Å². The maximum absolute atomic E-state index is 5.87. The van der Waals surface area contributed by atoms with E-state index >= 15 is 0 Å². The number of benzene rings is 1. The fraction of sp³-hybridized carbons (Fsp3) is 0.100. The predicted octanol–water partition coefficient (Wildman–Crippen LogP) is 1.42. The smallest absolute Gasteiger partial charge is 0.0899 e. The minimum Gasteiger partial charge on any atom is -0.112 e. The Labute approximate surface area is 70.8 Å². The van der Waals surface area contributed by atoms with Crippen molar-refractivity contribution in [2.24, 2.45) is 0 Å². The molecule has 55 valence electrons. The minimum absolute atomic E-state index is 0.874. The first-order valence-electron chi connectivity index (χ1n) is 3.64. The molecule has 0 nitrogen and oxygen atoms in total. The monoisotopic (exact) mass is 163 g/mol. The highest BCUT2D eigenvalue weighted by Gasteiger charge is 2.02. The summed E-state index contributed by atoms with van der Waals surface area (Å²) in [4.78, 5) is 0. The van der Waals surface area contributed by atoms with E-state index < -0.39 is 0 Å². The van der Waals surface area contributed by atoms with Crippen molar-refractivity contribution in [1.82, 2.24) is 0 Å². The van der Waals surface area contributed by atoms with Gasteiger partial charge in [-0.15, -0.1) is 11.6 Å². The molecular weight excluding hydrogens is 156 g/mol. The van der Waals surface area contributed by atoms with E-state index in [4.69, 9.17) is 11.6 Å². The summed E-state index contributed by atoms with van der Waals surface area (Å²) in [7, 11) is 0. The van der Waals surface area contributed by atoms with Gasteiger partial charge in [0.05, 0.1) is 5.38 Å². The fourth-order valence-electron chi connectivity index (χ4n) is 1.26. The van der Waals surface area contributed by atoms with Crippen LogP contribution >= 0.6 is 11.6 Å². The van der Waals surface area contributed by atoms with Crippen LogP contribution in [0.25, 0.3) is 12.2 Å². The highest BCUT2D eigenvalue weighted by molar-refractivity contribution is 6.31. The number of hydrogen-bond donors (Lipinski definition) is 0. The van der Waals surface area contributed by atoms with Gasteiger partial charge in [0.1, 0.15) is 0 Å². The molecule has 11 heavy (non-hydrogen) atoms. The highest BCUT2D eigenvalue weighted by atomic mass is 35.5. The largest absolute Gasteiger partial charge is 0.112 e. The Morgan fingerprint density at radius 1 is 1.09 bits per heavy atom. The summed E-state index contributed by atoms with van der Waals surface area (Å²) in [5.74, 6) is 0. The van der Waals surface area contributed by atoms with Crippen LogP contribution in [0.15, 0.2) is 24.3 Å². The molecule has 0 N–H and O–H groups in total. The average Bonchev–Trinajstić information content (AvgIpc) is 2.04. The van der Waals surface area contributed by atoms with Crippen molar-refractivity contribution >= 4 is 23.8 Å². The molecule has 0 saturated heterocycles. The molecule has 1 radical (unpaired) electrons. The molecule has 1 aliphatic rings. The summed E-state index contributed by atoms with van der Waals surface area (Å²) in [6, 6.07) is 8.25. The lowest BCUT2D eigenvalue weighted by molar-refractivity contribution is 1.28. The molecule has 0 aromatic heterocycles. The summed E-state index contributed by atoms with van der Waals surface area (Å²) in [6.45, 7) is 0. The van der Waals surface area contributed by atoms with E-state index in [1.807, 2.05) is 18.2 Å². The van der Waals surface area contributed by atoms with E-state index in [0.29, 0.717) is 0 Å². The third-order valence-corrected chi connectivity index (χ3v) is 2.09. The van der Waals surface area contributed by atoms with E-state index in [2.05, 4.69) is 18.2 Å². The zero-order valence-electron chi connectivity index (χ0n) is 6.05. The molecule has 0 saturated carbocycles. The van der Waals surface area contributed by atoms with E-state index in [-0.39, 0.29) is 0 Å². The summed E-state index contributed by atoms with van der Waals surface area (Å²) < 4.78 is 0. The first-order valence-corrected chi connectivity index (χ1v) is 4.02. The topological polar surface area (TPSA) is 0 Å². The average molecular weight is 164 g/mol. The van der Waals surface area contributed by atoms with Crippen molar-refractivity contribution in [3.05, 3.63) is 40.1 Å². The van der Waals surface area contributed by atoms with Crippen LogP contribution in [0.4, 0.5) is 0 Å². The molecule has 0 unspecified atom stereocenters. The number of rotatable bonds is 0. The molecule has 1 aliphatic carbocycles. The maximum Gasteiger partial charge on any atom is 0.0899 e. The quantitative estimate of drug-likeness (QED) is 0.543.